The second-order valence-corrected chi connectivity index (χ2v) is 5.71. The molecule has 2 aromatic rings. The highest BCUT2D eigenvalue weighted by Gasteiger charge is 2.10. The fraction of sp³-hybridized carbons (Fsp3) is 0.316. The van der Waals surface area contributed by atoms with E-state index in [4.69, 9.17) is 4.74 Å². The van der Waals surface area contributed by atoms with Crippen LogP contribution >= 0.6 is 0 Å². The average molecular weight is 297 g/mol. The minimum atomic E-state index is -0.333. The lowest BCUT2D eigenvalue weighted by molar-refractivity contribution is 0.0735. The second-order valence-electron chi connectivity index (χ2n) is 5.71. The first-order valence-electron chi connectivity index (χ1n) is 7.60. The zero-order valence-corrected chi connectivity index (χ0v) is 13.7. The lowest BCUT2D eigenvalue weighted by Crippen LogP contribution is -2.12. The van der Waals surface area contributed by atoms with Gasteiger partial charge in [0.25, 0.3) is 0 Å². The van der Waals surface area contributed by atoms with Crippen molar-refractivity contribution in [1.82, 2.24) is 0 Å². The highest BCUT2D eigenvalue weighted by atomic mass is 16.5. The van der Waals surface area contributed by atoms with Crippen molar-refractivity contribution >= 4 is 11.7 Å². The number of esters is 1. The summed E-state index contributed by atoms with van der Waals surface area (Å²) in [4.78, 5) is 14.2. The van der Waals surface area contributed by atoms with E-state index >= 15 is 0 Å². The number of rotatable bonds is 5. The molecule has 3 heteroatoms. The number of benzene rings is 2. The van der Waals surface area contributed by atoms with Gasteiger partial charge in [0, 0.05) is 19.8 Å². The van der Waals surface area contributed by atoms with Gasteiger partial charge in [-0.1, -0.05) is 32.0 Å². The van der Waals surface area contributed by atoms with Crippen LogP contribution in [0, 0.1) is 0 Å². The summed E-state index contributed by atoms with van der Waals surface area (Å²) in [5, 5.41) is 0. The summed E-state index contributed by atoms with van der Waals surface area (Å²) >= 11 is 0. The maximum Gasteiger partial charge on any atom is 0.343 e. The van der Waals surface area contributed by atoms with Crippen molar-refractivity contribution in [2.75, 3.05) is 19.0 Å². The molecule has 0 aliphatic heterocycles. The highest BCUT2D eigenvalue weighted by Crippen LogP contribution is 2.22. The Labute approximate surface area is 132 Å². The Hall–Kier alpha value is -2.29. The topological polar surface area (TPSA) is 29.5 Å². The van der Waals surface area contributed by atoms with Gasteiger partial charge in [-0.2, -0.15) is 0 Å². The minimum Gasteiger partial charge on any atom is -0.423 e. The van der Waals surface area contributed by atoms with Gasteiger partial charge in [0.1, 0.15) is 5.75 Å². The largest absolute Gasteiger partial charge is 0.423 e. The van der Waals surface area contributed by atoms with E-state index in [0.29, 0.717) is 17.2 Å². The number of carbonyl (C=O) groups excluding carboxylic acids is 1. The van der Waals surface area contributed by atoms with Crippen LogP contribution in [0.2, 0.25) is 0 Å². The summed E-state index contributed by atoms with van der Waals surface area (Å²) in [6.07, 6.45) is 1.09. The van der Waals surface area contributed by atoms with Gasteiger partial charge < -0.3 is 9.64 Å². The van der Waals surface area contributed by atoms with Crippen molar-refractivity contribution in [2.45, 2.75) is 26.2 Å². The number of carbonyl (C=O) groups is 1. The minimum absolute atomic E-state index is 0.333. The van der Waals surface area contributed by atoms with Gasteiger partial charge in [-0.15, -0.1) is 0 Å². The number of hydrogen-bond acceptors (Lipinski definition) is 3. The maximum atomic E-state index is 12.2. The van der Waals surface area contributed by atoms with Crippen molar-refractivity contribution in [1.29, 1.82) is 0 Å². The molecular formula is C19H23NO2. The van der Waals surface area contributed by atoms with Gasteiger partial charge in [-0.05, 0) is 48.2 Å². The molecule has 2 rings (SSSR count). The molecule has 116 valence electrons. The van der Waals surface area contributed by atoms with E-state index in [1.165, 1.54) is 5.56 Å². The monoisotopic (exact) mass is 297 g/mol. The SMILES string of the molecule is CCC(C)c1ccc(OC(=O)c2cccc(N(C)C)c2)cc1. The summed E-state index contributed by atoms with van der Waals surface area (Å²) in [5.74, 6) is 0.758. The predicted octanol–water partition coefficient (Wildman–Crippen LogP) is 4.49. The Morgan fingerprint density at radius 3 is 2.41 bits per heavy atom. The van der Waals surface area contributed by atoms with E-state index < -0.39 is 0 Å². The standard InChI is InChI=1S/C19H23NO2/c1-5-14(2)15-9-11-18(12-10-15)22-19(21)16-7-6-8-17(13-16)20(3)4/h6-14H,5H2,1-4H3. The molecular weight excluding hydrogens is 274 g/mol. The molecule has 0 N–H and O–H groups in total. The Morgan fingerprint density at radius 1 is 1.14 bits per heavy atom. The van der Waals surface area contributed by atoms with Gasteiger partial charge >= 0.3 is 5.97 Å². The van der Waals surface area contributed by atoms with Crippen LogP contribution in [0.15, 0.2) is 48.5 Å². The lowest BCUT2D eigenvalue weighted by atomic mass is 9.99. The molecule has 1 atom stereocenters. The normalized spacial score (nSPS) is 11.8. The third-order valence-electron chi connectivity index (χ3n) is 3.87. The fourth-order valence-corrected chi connectivity index (χ4v) is 2.18. The Kier molecular flexibility index (Phi) is 5.21. The quantitative estimate of drug-likeness (QED) is 0.602. The molecule has 0 bridgehead atoms. The summed E-state index contributed by atoms with van der Waals surface area (Å²) in [5.41, 5.74) is 2.79. The zero-order valence-electron chi connectivity index (χ0n) is 13.7. The van der Waals surface area contributed by atoms with Crippen LogP contribution in [0.4, 0.5) is 5.69 Å². The predicted molar refractivity (Wildman–Crippen MR) is 90.9 cm³/mol. The Morgan fingerprint density at radius 2 is 1.82 bits per heavy atom. The molecule has 0 saturated heterocycles. The van der Waals surface area contributed by atoms with Crippen LogP contribution in [0.3, 0.4) is 0 Å². The first-order chi connectivity index (χ1) is 10.5. The van der Waals surface area contributed by atoms with Crippen molar-refractivity contribution in [3.05, 3.63) is 59.7 Å². The van der Waals surface area contributed by atoms with Crippen LogP contribution in [0.1, 0.15) is 42.1 Å². The van der Waals surface area contributed by atoms with Gasteiger partial charge in [-0.3, -0.25) is 0 Å². The molecule has 2 aromatic carbocycles. The summed E-state index contributed by atoms with van der Waals surface area (Å²) in [6, 6.07) is 15.2. The number of nitrogens with zero attached hydrogens (tertiary/aromatic N) is 1. The molecule has 0 radical (unpaired) electrons. The van der Waals surface area contributed by atoms with Crippen LogP contribution in [0.25, 0.3) is 0 Å². The molecule has 0 aliphatic carbocycles. The van der Waals surface area contributed by atoms with Crippen molar-refractivity contribution < 1.29 is 9.53 Å². The van der Waals surface area contributed by atoms with Crippen molar-refractivity contribution in [3.8, 4) is 5.75 Å². The van der Waals surface area contributed by atoms with Crippen molar-refractivity contribution in [3.63, 3.8) is 0 Å². The highest BCUT2D eigenvalue weighted by molar-refractivity contribution is 5.92. The number of ether oxygens (including phenoxy) is 1. The third kappa shape index (κ3) is 3.88. The van der Waals surface area contributed by atoms with Crippen LogP contribution in [-0.2, 0) is 0 Å². The molecule has 0 fully saturated rings. The van der Waals surface area contributed by atoms with E-state index in [0.717, 1.165) is 12.1 Å². The molecule has 0 spiro atoms. The van der Waals surface area contributed by atoms with Crippen LogP contribution in [-0.4, -0.2) is 20.1 Å². The van der Waals surface area contributed by atoms with Gasteiger partial charge in [0.05, 0.1) is 5.56 Å². The van der Waals surface area contributed by atoms with E-state index in [2.05, 4.69) is 13.8 Å². The maximum absolute atomic E-state index is 12.2. The number of anilines is 1. The molecule has 3 nitrogen and oxygen atoms in total. The summed E-state index contributed by atoms with van der Waals surface area (Å²) < 4.78 is 5.45. The Balaban J connectivity index is 2.10. The van der Waals surface area contributed by atoms with Gasteiger partial charge in [0.15, 0.2) is 0 Å². The van der Waals surface area contributed by atoms with E-state index in [-0.39, 0.29) is 5.97 Å². The van der Waals surface area contributed by atoms with Gasteiger partial charge in [0.2, 0.25) is 0 Å². The number of hydrogen-bond donors (Lipinski definition) is 0. The van der Waals surface area contributed by atoms with Crippen LogP contribution < -0.4 is 9.64 Å². The summed E-state index contributed by atoms with van der Waals surface area (Å²) in [6.45, 7) is 4.35. The molecule has 0 saturated carbocycles. The molecule has 0 heterocycles. The molecule has 0 amide bonds. The first-order valence-corrected chi connectivity index (χ1v) is 7.60. The molecule has 1 unspecified atom stereocenters. The summed E-state index contributed by atoms with van der Waals surface area (Å²) in [7, 11) is 3.89. The zero-order chi connectivity index (χ0) is 16.1. The smallest absolute Gasteiger partial charge is 0.343 e. The first kappa shape index (κ1) is 16.1. The molecule has 22 heavy (non-hydrogen) atoms. The van der Waals surface area contributed by atoms with E-state index in [1.807, 2.05) is 61.5 Å². The van der Waals surface area contributed by atoms with Gasteiger partial charge in [-0.25, -0.2) is 4.79 Å². The molecule has 0 aliphatic rings. The Bertz CT molecular complexity index is 632. The molecule has 0 aromatic heterocycles. The second kappa shape index (κ2) is 7.12. The fourth-order valence-electron chi connectivity index (χ4n) is 2.18. The van der Waals surface area contributed by atoms with E-state index in [9.17, 15) is 4.79 Å². The lowest BCUT2D eigenvalue weighted by Gasteiger charge is -2.13. The third-order valence-corrected chi connectivity index (χ3v) is 3.87. The average Bonchev–Trinajstić information content (AvgIpc) is 2.54. The van der Waals surface area contributed by atoms with Crippen LogP contribution in [0.5, 0.6) is 5.75 Å². The van der Waals surface area contributed by atoms with E-state index in [1.54, 1.807) is 6.07 Å². The van der Waals surface area contributed by atoms with Crippen molar-refractivity contribution in [2.24, 2.45) is 0 Å².